The molecule has 6 nitrogen and oxygen atoms in total. The quantitative estimate of drug-likeness (QED) is 0.423. The van der Waals surface area contributed by atoms with Crippen molar-refractivity contribution in [3.63, 3.8) is 0 Å². The minimum Gasteiger partial charge on any atom is -0.324 e. The molecule has 0 aliphatic carbocycles. The number of benzene rings is 2. The summed E-state index contributed by atoms with van der Waals surface area (Å²) in [6.07, 6.45) is -4.65. The minimum absolute atomic E-state index is 0.198. The van der Waals surface area contributed by atoms with Gasteiger partial charge in [0.25, 0.3) is 5.56 Å². The van der Waals surface area contributed by atoms with Gasteiger partial charge < -0.3 is 5.32 Å². The standard InChI is InChI=1S/C25H22F3N3O3S/c1-13-8-9-19(14(2)10-13)29-20(32)12-30-23-21(15(3)16(4)35-23)22(33)31(24(30)34)18-7-5-6-17(11-18)25(26,27)28/h5-11H,12H2,1-4H3,(H,29,32). The molecule has 0 radical (unpaired) electrons. The fourth-order valence-electron chi connectivity index (χ4n) is 3.93. The maximum Gasteiger partial charge on any atom is 0.416 e. The van der Waals surface area contributed by atoms with Crippen LogP contribution < -0.4 is 16.6 Å². The molecule has 0 saturated heterocycles. The molecule has 0 bridgehead atoms. The number of alkyl halides is 3. The second-order valence-electron chi connectivity index (χ2n) is 8.39. The average Bonchev–Trinajstić information content (AvgIpc) is 3.07. The molecule has 35 heavy (non-hydrogen) atoms. The Morgan fingerprint density at radius 1 is 1.03 bits per heavy atom. The second kappa shape index (κ2) is 8.84. The van der Waals surface area contributed by atoms with E-state index in [0.29, 0.717) is 20.6 Å². The predicted octanol–water partition coefficient (Wildman–Crippen LogP) is 5.11. The van der Waals surface area contributed by atoms with Crippen molar-refractivity contribution < 1.29 is 18.0 Å². The lowest BCUT2D eigenvalue weighted by molar-refractivity contribution is -0.137. The lowest BCUT2D eigenvalue weighted by Gasteiger charge is -2.14. The Balaban J connectivity index is 1.88. The molecule has 2 aromatic heterocycles. The highest BCUT2D eigenvalue weighted by Gasteiger charge is 2.31. The van der Waals surface area contributed by atoms with Crippen molar-refractivity contribution >= 4 is 33.1 Å². The van der Waals surface area contributed by atoms with Gasteiger partial charge in [0.1, 0.15) is 11.4 Å². The smallest absolute Gasteiger partial charge is 0.324 e. The molecule has 0 unspecified atom stereocenters. The van der Waals surface area contributed by atoms with Crippen molar-refractivity contribution in [2.45, 2.75) is 40.4 Å². The zero-order valence-electron chi connectivity index (χ0n) is 19.4. The number of rotatable bonds is 4. The van der Waals surface area contributed by atoms with Crippen LogP contribution in [0.3, 0.4) is 0 Å². The van der Waals surface area contributed by atoms with Crippen LogP contribution in [0, 0.1) is 27.7 Å². The van der Waals surface area contributed by atoms with E-state index in [1.807, 2.05) is 26.0 Å². The van der Waals surface area contributed by atoms with Gasteiger partial charge in [-0.15, -0.1) is 11.3 Å². The molecule has 4 aromatic rings. The van der Waals surface area contributed by atoms with Gasteiger partial charge in [0, 0.05) is 10.6 Å². The third-order valence-electron chi connectivity index (χ3n) is 5.84. The monoisotopic (exact) mass is 501 g/mol. The summed E-state index contributed by atoms with van der Waals surface area (Å²) >= 11 is 1.19. The Bertz CT molecular complexity index is 1600. The van der Waals surface area contributed by atoms with Crippen LogP contribution in [0.4, 0.5) is 18.9 Å². The summed E-state index contributed by atoms with van der Waals surface area (Å²) in [6.45, 7) is 6.83. The van der Waals surface area contributed by atoms with Gasteiger partial charge in [-0.2, -0.15) is 13.2 Å². The van der Waals surface area contributed by atoms with E-state index in [4.69, 9.17) is 0 Å². The maximum absolute atomic E-state index is 13.5. The molecule has 182 valence electrons. The maximum atomic E-state index is 13.5. The van der Waals surface area contributed by atoms with E-state index in [-0.39, 0.29) is 11.1 Å². The number of thiophene rings is 1. The molecule has 2 heterocycles. The van der Waals surface area contributed by atoms with Crippen LogP contribution in [0.25, 0.3) is 15.9 Å². The molecule has 0 aliphatic heterocycles. The summed E-state index contributed by atoms with van der Waals surface area (Å²) in [5, 5.41) is 2.97. The topological polar surface area (TPSA) is 73.1 Å². The van der Waals surface area contributed by atoms with Crippen molar-refractivity contribution in [1.29, 1.82) is 0 Å². The van der Waals surface area contributed by atoms with Crippen molar-refractivity contribution in [3.8, 4) is 5.69 Å². The molecular weight excluding hydrogens is 479 g/mol. The summed E-state index contributed by atoms with van der Waals surface area (Å²) in [6, 6.07) is 9.51. The summed E-state index contributed by atoms with van der Waals surface area (Å²) in [4.78, 5) is 40.8. The van der Waals surface area contributed by atoms with E-state index in [2.05, 4.69) is 5.32 Å². The molecule has 1 N–H and O–H groups in total. The Morgan fingerprint density at radius 2 is 1.74 bits per heavy atom. The van der Waals surface area contributed by atoms with Gasteiger partial charge in [0.2, 0.25) is 5.91 Å². The van der Waals surface area contributed by atoms with E-state index >= 15 is 0 Å². The van der Waals surface area contributed by atoms with Crippen LogP contribution in [0.15, 0.2) is 52.1 Å². The summed E-state index contributed by atoms with van der Waals surface area (Å²) in [7, 11) is 0. The lowest BCUT2D eigenvalue weighted by atomic mass is 10.1. The van der Waals surface area contributed by atoms with Crippen molar-refractivity contribution in [1.82, 2.24) is 9.13 Å². The molecular formula is C25H22F3N3O3S. The first-order valence-electron chi connectivity index (χ1n) is 10.7. The van der Waals surface area contributed by atoms with E-state index < -0.39 is 35.4 Å². The van der Waals surface area contributed by atoms with Gasteiger partial charge >= 0.3 is 11.9 Å². The highest BCUT2D eigenvalue weighted by atomic mass is 32.1. The Kier molecular flexibility index (Phi) is 6.18. The fourth-order valence-corrected chi connectivity index (χ4v) is 5.07. The molecule has 0 spiro atoms. The average molecular weight is 502 g/mol. The van der Waals surface area contributed by atoms with Gasteiger partial charge in [-0.1, -0.05) is 23.8 Å². The Morgan fingerprint density at radius 3 is 2.40 bits per heavy atom. The number of fused-ring (bicyclic) bond motifs is 1. The zero-order chi connectivity index (χ0) is 25.7. The normalized spacial score (nSPS) is 11.7. The number of amides is 1. The van der Waals surface area contributed by atoms with Gasteiger partial charge in [-0.25, -0.2) is 9.36 Å². The SMILES string of the molecule is Cc1ccc(NC(=O)Cn2c(=O)n(-c3cccc(C(F)(F)F)c3)c(=O)c3c(C)c(C)sc32)c(C)c1. The first-order chi connectivity index (χ1) is 16.4. The van der Waals surface area contributed by atoms with Crippen LogP contribution in [0.1, 0.15) is 27.1 Å². The molecule has 2 aromatic carbocycles. The Labute approximate surface area is 202 Å². The molecule has 0 aliphatic rings. The molecule has 0 saturated carbocycles. The lowest BCUT2D eigenvalue weighted by Crippen LogP contribution is -2.40. The minimum atomic E-state index is -4.65. The third-order valence-corrected chi connectivity index (χ3v) is 7.07. The largest absolute Gasteiger partial charge is 0.416 e. The number of hydrogen-bond acceptors (Lipinski definition) is 4. The first kappa shape index (κ1) is 24.5. The summed E-state index contributed by atoms with van der Waals surface area (Å²) in [5.41, 5.74) is 0.232. The van der Waals surface area contributed by atoms with E-state index in [1.54, 1.807) is 19.9 Å². The number of hydrogen-bond donors (Lipinski definition) is 1. The van der Waals surface area contributed by atoms with Crippen molar-refractivity contribution in [2.24, 2.45) is 0 Å². The molecule has 4 rings (SSSR count). The highest BCUT2D eigenvalue weighted by Crippen LogP contribution is 2.31. The number of aryl methyl sites for hydroxylation is 4. The Hall–Kier alpha value is -3.66. The predicted molar refractivity (Wildman–Crippen MR) is 131 cm³/mol. The number of nitrogens with one attached hydrogen (secondary N) is 1. The highest BCUT2D eigenvalue weighted by molar-refractivity contribution is 7.18. The van der Waals surface area contributed by atoms with Gasteiger partial charge in [-0.3, -0.25) is 14.2 Å². The molecule has 0 fully saturated rings. The molecule has 10 heteroatoms. The van der Waals surface area contributed by atoms with Crippen LogP contribution in [0.2, 0.25) is 0 Å². The van der Waals surface area contributed by atoms with E-state index in [0.717, 1.165) is 38.8 Å². The summed E-state index contributed by atoms with van der Waals surface area (Å²) < 4.78 is 41.7. The van der Waals surface area contributed by atoms with Crippen LogP contribution in [-0.4, -0.2) is 15.0 Å². The van der Waals surface area contributed by atoms with Crippen LogP contribution in [-0.2, 0) is 17.5 Å². The van der Waals surface area contributed by atoms with Crippen molar-refractivity contribution in [2.75, 3.05) is 5.32 Å². The number of aromatic nitrogens is 2. The van der Waals surface area contributed by atoms with Gasteiger partial charge in [0.05, 0.1) is 16.6 Å². The second-order valence-corrected chi connectivity index (χ2v) is 9.59. The van der Waals surface area contributed by atoms with E-state index in [9.17, 15) is 27.6 Å². The van der Waals surface area contributed by atoms with Crippen LogP contribution >= 0.6 is 11.3 Å². The number of nitrogens with zero attached hydrogens (tertiary/aromatic N) is 2. The van der Waals surface area contributed by atoms with Gasteiger partial charge in [-0.05, 0) is 63.1 Å². The number of halogens is 3. The van der Waals surface area contributed by atoms with E-state index in [1.165, 1.54) is 17.4 Å². The fraction of sp³-hybridized carbons (Fsp3) is 0.240. The van der Waals surface area contributed by atoms with Gasteiger partial charge in [0.15, 0.2) is 0 Å². The van der Waals surface area contributed by atoms with Crippen molar-refractivity contribution in [3.05, 3.63) is 90.4 Å². The molecule has 0 atom stereocenters. The number of anilines is 1. The number of carbonyl (C=O) groups excluding carboxylic acids is 1. The zero-order valence-corrected chi connectivity index (χ0v) is 20.2. The molecule has 1 amide bonds. The summed E-state index contributed by atoms with van der Waals surface area (Å²) in [5.74, 6) is -0.502. The number of carbonyl (C=O) groups is 1. The first-order valence-corrected chi connectivity index (χ1v) is 11.5. The third kappa shape index (κ3) is 4.53. The van der Waals surface area contributed by atoms with Crippen LogP contribution in [0.5, 0.6) is 0 Å².